The van der Waals surface area contributed by atoms with Gasteiger partial charge in [0.15, 0.2) is 0 Å². The van der Waals surface area contributed by atoms with Crippen LogP contribution in [0.25, 0.3) is 0 Å². The lowest BCUT2D eigenvalue weighted by Crippen LogP contribution is -2.05. The van der Waals surface area contributed by atoms with E-state index >= 15 is 0 Å². The van der Waals surface area contributed by atoms with Gasteiger partial charge in [-0.15, -0.1) is 0 Å². The van der Waals surface area contributed by atoms with Crippen LogP contribution in [0.15, 0.2) is 30.6 Å². The predicted molar refractivity (Wildman–Crippen MR) is 69.6 cm³/mol. The number of nitrogens with one attached hydrogen (secondary N) is 1. The highest BCUT2D eigenvalue weighted by atomic mass is 16.6. The Hall–Kier alpha value is -2.41. The summed E-state index contributed by atoms with van der Waals surface area (Å²) in [6, 6.07) is 7.35. The van der Waals surface area contributed by atoms with Crippen LogP contribution >= 0.6 is 0 Å². The van der Waals surface area contributed by atoms with E-state index in [4.69, 9.17) is 5.11 Å². The van der Waals surface area contributed by atoms with Crippen LogP contribution in [0.5, 0.6) is 0 Å². The molecule has 0 aliphatic heterocycles. The summed E-state index contributed by atoms with van der Waals surface area (Å²) in [6.45, 7) is 0.451. The molecule has 1 aromatic heterocycles. The van der Waals surface area contributed by atoms with E-state index in [1.165, 1.54) is 6.33 Å². The smallest absolute Gasteiger partial charge is 0.392 e. The highest BCUT2D eigenvalue weighted by Crippen LogP contribution is 2.21. The van der Waals surface area contributed by atoms with Crippen LogP contribution in [0, 0.1) is 10.1 Å². The van der Waals surface area contributed by atoms with E-state index in [-0.39, 0.29) is 12.4 Å². The summed E-state index contributed by atoms with van der Waals surface area (Å²) in [5, 5.41) is 22.7. The zero-order valence-corrected chi connectivity index (χ0v) is 10.4. The van der Waals surface area contributed by atoms with Gasteiger partial charge < -0.3 is 20.5 Å². The van der Waals surface area contributed by atoms with Crippen LogP contribution in [-0.4, -0.2) is 19.6 Å². The molecular formula is C12H14N4O3. The van der Waals surface area contributed by atoms with E-state index in [1.54, 1.807) is 11.6 Å². The van der Waals surface area contributed by atoms with Crippen LogP contribution in [0.2, 0.25) is 0 Å². The second-order valence-electron chi connectivity index (χ2n) is 4.11. The monoisotopic (exact) mass is 262 g/mol. The summed E-state index contributed by atoms with van der Waals surface area (Å²) in [5.41, 5.74) is 1.79. The highest BCUT2D eigenvalue weighted by Gasteiger charge is 2.19. The number of hydrogen-bond acceptors (Lipinski definition) is 5. The molecule has 0 unspecified atom stereocenters. The fourth-order valence-electron chi connectivity index (χ4n) is 1.70. The van der Waals surface area contributed by atoms with Crippen molar-refractivity contribution in [2.45, 2.75) is 13.2 Å². The van der Waals surface area contributed by atoms with Crippen LogP contribution in [0.4, 0.5) is 11.6 Å². The van der Waals surface area contributed by atoms with Gasteiger partial charge in [-0.3, -0.25) is 4.57 Å². The zero-order valence-electron chi connectivity index (χ0n) is 10.4. The van der Waals surface area contributed by atoms with Gasteiger partial charge in [-0.25, -0.2) is 0 Å². The molecule has 2 N–H and O–H groups in total. The number of aliphatic hydroxyl groups excluding tert-OH is 1. The van der Waals surface area contributed by atoms with Gasteiger partial charge in [0.25, 0.3) is 0 Å². The molecular weight excluding hydrogens is 248 g/mol. The largest absolute Gasteiger partial charge is 0.406 e. The normalized spacial score (nSPS) is 10.4. The standard InChI is InChI=1S/C12H14N4O3/c1-15-8-14-12(16(18)19)11(15)13-6-9-2-4-10(7-17)5-3-9/h2-5,8,13,17H,6-7H2,1H3. The van der Waals surface area contributed by atoms with Crippen LogP contribution in [-0.2, 0) is 20.2 Å². The van der Waals surface area contributed by atoms with Gasteiger partial charge in [-0.1, -0.05) is 24.3 Å². The molecule has 0 radical (unpaired) electrons. The van der Waals surface area contributed by atoms with E-state index in [1.807, 2.05) is 24.3 Å². The molecule has 0 spiro atoms. The number of anilines is 1. The molecule has 100 valence electrons. The Morgan fingerprint density at radius 1 is 1.37 bits per heavy atom. The first-order chi connectivity index (χ1) is 9.11. The van der Waals surface area contributed by atoms with Gasteiger partial charge in [0.1, 0.15) is 0 Å². The first-order valence-corrected chi connectivity index (χ1v) is 5.70. The number of benzene rings is 1. The minimum absolute atomic E-state index is 0.000904. The van der Waals surface area contributed by atoms with Crippen molar-refractivity contribution in [2.75, 3.05) is 5.32 Å². The maximum atomic E-state index is 10.8. The molecule has 0 aliphatic carbocycles. The molecule has 2 rings (SSSR count). The number of aryl methyl sites for hydroxylation is 1. The molecule has 0 aliphatic rings. The number of imidazole rings is 1. The maximum Gasteiger partial charge on any atom is 0.406 e. The van der Waals surface area contributed by atoms with Crippen molar-refractivity contribution in [3.8, 4) is 0 Å². The molecule has 0 saturated carbocycles. The summed E-state index contributed by atoms with van der Waals surface area (Å²) in [6.07, 6.45) is 1.40. The number of nitro groups is 1. The Balaban J connectivity index is 2.09. The lowest BCUT2D eigenvalue weighted by atomic mass is 10.1. The molecule has 1 heterocycles. The first kappa shape index (κ1) is 13.0. The Kier molecular flexibility index (Phi) is 3.76. The van der Waals surface area contributed by atoms with Gasteiger partial charge >= 0.3 is 5.82 Å². The van der Waals surface area contributed by atoms with Crippen molar-refractivity contribution < 1.29 is 10.0 Å². The number of nitrogens with zero attached hydrogens (tertiary/aromatic N) is 3. The molecule has 7 nitrogen and oxygen atoms in total. The molecule has 0 bridgehead atoms. The minimum atomic E-state index is -0.517. The predicted octanol–water partition coefficient (Wildman–Crippen LogP) is 1.43. The average molecular weight is 262 g/mol. The lowest BCUT2D eigenvalue weighted by Gasteiger charge is -2.07. The topological polar surface area (TPSA) is 93.2 Å². The summed E-state index contributed by atoms with van der Waals surface area (Å²) in [5.74, 6) is 0.186. The van der Waals surface area contributed by atoms with Gasteiger partial charge in [0.2, 0.25) is 12.1 Å². The van der Waals surface area contributed by atoms with E-state index in [0.29, 0.717) is 12.4 Å². The molecule has 19 heavy (non-hydrogen) atoms. The van der Waals surface area contributed by atoms with E-state index < -0.39 is 4.92 Å². The van der Waals surface area contributed by atoms with Crippen molar-refractivity contribution in [2.24, 2.45) is 7.05 Å². The van der Waals surface area contributed by atoms with Gasteiger partial charge in [0.05, 0.1) is 6.61 Å². The molecule has 0 amide bonds. The summed E-state index contributed by atoms with van der Waals surface area (Å²) < 4.78 is 1.57. The molecule has 2 aromatic rings. The van der Waals surface area contributed by atoms with Gasteiger partial charge in [-0.05, 0) is 21.0 Å². The first-order valence-electron chi connectivity index (χ1n) is 5.70. The van der Waals surface area contributed by atoms with Gasteiger partial charge in [-0.2, -0.15) is 0 Å². The molecule has 0 fully saturated rings. The van der Waals surface area contributed by atoms with E-state index in [0.717, 1.165) is 11.1 Å². The van der Waals surface area contributed by atoms with Crippen molar-refractivity contribution in [1.82, 2.24) is 9.55 Å². The Bertz CT molecular complexity index is 577. The van der Waals surface area contributed by atoms with Crippen LogP contribution < -0.4 is 5.32 Å². The Morgan fingerprint density at radius 3 is 2.58 bits per heavy atom. The number of aromatic nitrogens is 2. The average Bonchev–Trinajstić information content (AvgIpc) is 2.78. The van der Waals surface area contributed by atoms with Gasteiger partial charge in [0, 0.05) is 13.6 Å². The second-order valence-corrected chi connectivity index (χ2v) is 4.11. The molecule has 7 heteroatoms. The highest BCUT2D eigenvalue weighted by molar-refractivity contribution is 5.52. The summed E-state index contributed by atoms with van der Waals surface area (Å²) >= 11 is 0. The number of hydrogen-bond donors (Lipinski definition) is 2. The fourth-order valence-corrected chi connectivity index (χ4v) is 1.70. The van der Waals surface area contributed by atoms with Crippen molar-refractivity contribution >= 4 is 11.6 Å². The Morgan fingerprint density at radius 2 is 2.00 bits per heavy atom. The molecule has 0 saturated heterocycles. The molecule has 0 atom stereocenters. The van der Waals surface area contributed by atoms with Crippen LogP contribution in [0.3, 0.4) is 0 Å². The maximum absolute atomic E-state index is 10.8. The van der Waals surface area contributed by atoms with E-state index in [9.17, 15) is 10.1 Å². The fraction of sp³-hybridized carbons (Fsp3) is 0.250. The summed E-state index contributed by atoms with van der Waals surface area (Å²) in [4.78, 5) is 14.0. The van der Waals surface area contributed by atoms with Crippen LogP contribution in [0.1, 0.15) is 11.1 Å². The van der Waals surface area contributed by atoms with Crippen molar-refractivity contribution in [1.29, 1.82) is 0 Å². The van der Waals surface area contributed by atoms with Crippen molar-refractivity contribution in [3.05, 3.63) is 51.8 Å². The van der Waals surface area contributed by atoms with E-state index in [2.05, 4.69) is 10.3 Å². The third-order valence-corrected chi connectivity index (χ3v) is 2.76. The number of rotatable bonds is 5. The lowest BCUT2D eigenvalue weighted by molar-refractivity contribution is -0.388. The second kappa shape index (κ2) is 5.49. The Labute approximate surface area is 109 Å². The number of aliphatic hydroxyl groups is 1. The third-order valence-electron chi connectivity index (χ3n) is 2.76. The minimum Gasteiger partial charge on any atom is -0.392 e. The SMILES string of the molecule is Cn1cnc([N+](=O)[O-])c1NCc1ccc(CO)cc1. The third kappa shape index (κ3) is 2.89. The molecule has 1 aromatic carbocycles. The quantitative estimate of drug-likeness (QED) is 0.628. The van der Waals surface area contributed by atoms with Crippen molar-refractivity contribution in [3.63, 3.8) is 0 Å². The zero-order chi connectivity index (χ0) is 13.8. The summed E-state index contributed by atoms with van der Waals surface area (Å²) in [7, 11) is 1.69.